The van der Waals surface area contributed by atoms with Crippen LogP contribution < -0.4 is 14.8 Å². The van der Waals surface area contributed by atoms with Crippen LogP contribution in [-0.2, 0) is 11.3 Å². The molecule has 1 N–H and O–H groups in total. The maximum Gasteiger partial charge on any atom is 0.387 e. The molecule has 0 saturated heterocycles. The highest BCUT2D eigenvalue weighted by molar-refractivity contribution is 5.94. The quantitative estimate of drug-likeness (QED) is 0.397. The van der Waals surface area contributed by atoms with Gasteiger partial charge in [-0.2, -0.15) is 8.78 Å². The fourth-order valence-corrected chi connectivity index (χ4v) is 4.14. The number of alkyl halides is 2. The van der Waals surface area contributed by atoms with E-state index in [4.69, 9.17) is 4.74 Å². The van der Waals surface area contributed by atoms with Gasteiger partial charge in [-0.25, -0.2) is 0 Å². The minimum Gasteiger partial charge on any atom is -0.493 e. The van der Waals surface area contributed by atoms with Crippen LogP contribution in [0, 0.1) is 10.1 Å². The summed E-state index contributed by atoms with van der Waals surface area (Å²) in [4.78, 5) is 25.7. The predicted octanol–water partition coefficient (Wildman–Crippen LogP) is 4.75. The van der Waals surface area contributed by atoms with Crippen molar-refractivity contribution < 1.29 is 28.0 Å². The summed E-state index contributed by atoms with van der Waals surface area (Å²) in [6.07, 6.45) is 0. The van der Waals surface area contributed by atoms with E-state index < -0.39 is 29.0 Å². The zero-order valence-corrected chi connectivity index (χ0v) is 18.1. The molecule has 8 nitrogen and oxygen atoms in total. The van der Waals surface area contributed by atoms with Gasteiger partial charge in [-0.15, -0.1) is 0 Å². The Labute approximate surface area is 193 Å². The standard InChI is InChI=1S/C24H21F2N3O5/c1-33-20-11-16(19(29(31)32)12-21(20)34-24(25)26)13-28-14-22(30)27-18-10-6-5-9-17(18)23(28)15-7-3-2-4-8-15/h2-12,23-24H,13-14H2,1H3,(H,27,30). The van der Waals surface area contributed by atoms with Crippen LogP contribution in [0.3, 0.4) is 0 Å². The van der Waals surface area contributed by atoms with Gasteiger partial charge in [0.05, 0.1) is 30.7 Å². The lowest BCUT2D eigenvalue weighted by molar-refractivity contribution is -0.385. The Morgan fingerprint density at radius 2 is 1.82 bits per heavy atom. The second kappa shape index (κ2) is 9.84. The van der Waals surface area contributed by atoms with Crippen LogP contribution in [0.4, 0.5) is 20.2 Å². The largest absolute Gasteiger partial charge is 0.493 e. The number of nitrogens with zero attached hydrogens (tertiary/aromatic N) is 2. The van der Waals surface area contributed by atoms with E-state index in [9.17, 15) is 23.7 Å². The number of hydrogen-bond donors (Lipinski definition) is 1. The lowest BCUT2D eigenvalue weighted by Gasteiger charge is -2.30. The number of rotatable bonds is 7. The summed E-state index contributed by atoms with van der Waals surface area (Å²) in [5.74, 6) is -0.790. The normalized spacial score (nSPS) is 15.9. The SMILES string of the molecule is COc1cc(CN2CC(=O)Nc3ccccc3C2c2ccccc2)c([N+](=O)[O-])cc1OC(F)F. The van der Waals surface area contributed by atoms with Gasteiger partial charge in [0, 0.05) is 17.8 Å². The summed E-state index contributed by atoms with van der Waals surface area (Å²) in [6.45, 7) is -3.25. The predicted molar refractivity (Wildman–Crippen MR) is 120 cm³/mol. The second-order valence-electron chi connectivity index (χ2n) is 7.62. The number of nitro groups is 1. The first kappa shape index (κ1) is 23.1. The van der Waals surface area contributed by atoms with Gasteiger partial charge in [0.15, 0.2) is 11.5 Å². The highest BCUT2D eigenvalue weighted by Gasteiger charge is 2.32. The number of benzene rings is 3. The van der Waals surface area contributed by atoms with Gasteiger partial charge in [-0.3, -0.25) is 19.8 Å². The van der Waals surface area contributed by atoms with Gasteiger partial charge in [0.2, 0.25) is 5.91 Å². The van der Waals surface area contributed by atoms with Crippen molar-refractivity contribution in [2.45, 2.75) is 19.2 Å². The first-order valence-electron chi connectivity index (χ1n) is 10.3. The highest BCUT2D eigenvalue weighted by atomic mass is 19.3. The number of nitrogens with one attached hydrogen (secondary N) is 1. The molecule has 1 aliphatic heterocycles. The van der Waals surface area contributed by atoms with E-state index in [1.165, 1.54) is 13.2 Å². The van der Waals surface area contributed by atoms with Gasteiger partial charge >= 0.3 is 6.61 Å². The number of nitro benzene ring substituents is 1. The Bertz CT molecular complexity index is 1210. The molecule has 176 valence electrons. The van der Waals surface area contributed by atoms with Crippen LogP contribution in [0.5, 0.6) is 11.5 Å². The number of carbonyl (C=O) groups is 1. The van der Waals surface area contributed by atoms with Gasteiger partial charge in [0.1, 0.15) is 0 Å². The zero-order valence-electron chi connectivity index (χ0n) is 18.1. The van der Waals surface area contributed by atoms with E-state index in [1.54, 1.807) is 11.0 Å². The lowest BCUT2D eigenvalue weighted by Crippen LogP contribution is -2.33. The fraction of sp³-hybridized carbons (Fsp3) is 0.208. The molecule has 4 rings (SSSR count). The molecule has 3 aromatic rings. The zero-order chi connectivity index (χ0) is 24.2. The van der Waals surface area contributed by atoms with Crippen LogP contribution in [0.15, 0.2) is 66.7 Å². The van der Waals surface area contributed by atoms with Crippen LogP contribution in [0.25, 0.3) is 0 Å². The van der Waals surface area contributed by atoms with Gasteiger partial charge in [0.25, 0.3) is 5.69 Å². The smallest absolute Gasteiger partial charge is 0.387 e. The third-order valence-electron chi connectivity index (χ3n) is 5.51. The lowest BCUT2D eigenvalue weighted by atomic mass is 9.95. The molecule has 0 radical (unpaired) electrons. The van der Waals surface area contributed by atoms with Crippen molar-refractivity contribution in [3.8, 4) is 11.5 Å². The van der Waals surface area contributed by atoms with Gasteiger partial charge in [-0.1, -0.05) is 48.5 Å². The van der Waals surface area contributed by atoms with E-state index >= 15 is 0 Å². The molecule has 0 aliphatic carbocycles. The highest BCUT2D eigenvalue weighted by Crippen LogP contribution is 2.40. The molecule has 1 heterocycles. The molecule has 10 heteroatoms. The minimum absolute atomic E-state index is 0.0249. The molecule has 0 spiro atoms. The molecule has 34 heavy (non-hydrogen) atoms. The van der Waals surface area contributed by atoms with Crippen molar-refractivity contribution in [3.05, 3.63) is 93.5 Å². The number of para-hydroxylation sites is 1. The molecular formula is C24H21F2N3O5. The third-order valence-corrected chi connectivity index (χ3v) is 5.51. The molecule has 1 atom stereocenters. The summed E-state index contributed by atoms with van der Waals surface area (Å²) >= 11 is 0. The topological polar surface area (TPSA) is 93.9 Å². The van der Waals surface area contributed by atoms with E-state index in [0.29, 0.717) is 5.69 Å². The second-order valence-corrected chi connectivity index (χ2v) is 7.62. The molecule has 0 bridgehead atoms. The summed E-state index contributed by atoms with van der Waals surface area (Å²) < 4.78 is 35.2. The number of ether oxygens (including phenoxy) is 2. The van der Waals surface area contributed by atoms with E-state index in [1.807, 2.05) is 48.5 Å². The Morgan fingerprint density at radius 3 is 2.50 bits per heavy atom. The molecule has 0 fully saturated rings. The van der Waals surface area contributed by atoms with Crippen LogP contribution in [-0.4, -0.2) is 36.0 Å². The number of amides is 1. The summed E-state index contributed by atoms with van der Waals surface area (Å²) in [5.41, 5.74) is 2.14. The van der Waals surface area contributed by atoms with E-state index in [-0.39, 0.29) is 30.3 Å². The molecular weight excluding hydrogens is 448 g/mol. The van der Waals surface area contributed by atoms with Crippen LogP contribution >= 0.6 is 0 Å². The molecule has 0 aromatic heterocycles. The maximum absolute atomic E-state index is 12.8. The average molecular weight is 469 g/mol. The van der Waals surface area contributed by atoms with Crippen molar-refractivity contribution in [1.29, 1.82) is 0 Å². The van der Waals surface area contributed by atoms with Crippen molar-refractivity contribution in [1.82, 2.24) is 4.90 Å². The number of anilines is 1. The first-order valence-corrected chi connectivity index (χ1v) is 10.3. The number of hydrogen-bond acceptors (Lipinski definition) is 6. The minimum atomic E-state index is -3.17. The van der Waals surface area contributed by atoms with Crippen molar-refractivity contribution in [2.75, 3.05) is 19.0 Å². The van der Waals surface area contributed by atoms with E-state index in [2.05, 4.69) is 10.1 Å². The van der Waals surface area contributed by atoms with Crippen LogP contribution in [0.2, 0.25) is 0 Å². The molecule has 0 saturated carbocycles. The van der Waals surface area contributed by atoms with Crippen LogP contribution in [0.1, 0.15) is 22.7 Å². The summed E-state index contributed by atoms with van der Waals surface area (Å²) in [6, 6.07) is 18.6. The number of methoxy groups -OCH3 is 1. The van der Waals surface area contributed by atoms with E-state index in [0.717, 1.165) is 17.2 Å². The Hall–Kier alpha value is -4.05. The fourth-order valence-electron chi connectivity index (χ4n) is 4.14. The molecule has 1 aliphatic rings. The summed E-state index contributed by atoms with van der Waals surface area (Å²) in [5, 5.41) is 14.7. The monoisotopic (exact) mass is 469 g/mol. The van der Waals surface area contributed by atoms with Crippen molar-refractivity contribution in [2.24, 2.45) is 0 Å². The number of carbonyl (C=O) groups excluding carboxylic acids is 1. The van der Waals surface area contributed by atoms with Crippen molar-refractivity contribution >= 4 is 17.3 Å². The van der Waals surface area contributed by atoms with Crippen molar-refractivity contribution in [3.63, 3.8) is 0 Å². The summed E-state index contributed by atoms with van der Waals surface area (Å²) in [7, 11) is 1.26. The Morgan fingerprint density at radius 1 is 1.12 bits per heavy atom. The van der Waals surface area contributed by atoms with Gasteiger partial charge in [-0.05, 0) is 23.3 Å². The number of fused-ring (bicyclic) bond motifs is 1. The average Bonchev–Trinajstić information content (AvgIpc) is 2.94. The maximum atomic E-state index is 12.8. The molecule has 1 unspecified atom stereocenters. The first-order chi connectivity index (χ1) is 16.4. The van der Waals surface area contributed by atoms with Gasteiger partial charge < -0.3 is 14.8 Å². The Balaban J connectivity index is 1.82. The third kappa shape index (κ3) is 4.81. The Kier molecular flexibility index (Phi) is 6.69. The molecule has 3 aromatic carbocycles. The number of halogens is 2. The molecule has 1 amide bonds.